The van der Waals surface area contributed by atoms with E-state index in [2.05, 4.69) is 31.1 Å². The van der Waals surface area contributed by atoms with Crippen molar-refractivity contribution >= 4 is 22.4 Å². The van der Waals surface area contributed by atoms with Gasteiger partial charge in [0.2, 0.25) is 0 Å². The second-order valence-electron chi connectivity index (χ2n) is 7.71. The number of carbonyl (C=O) groups is 1. The summed E-state index contributed by atoms with van der Waals surface area (Å²) in [4.78, 5) is 18.1. The summed E-state index contributed by atoms with van der Waals surface area (Å²) >= 11 is 1.59. The summed E-state index contributed by atoms with van der Waals surface area (Å²) in [5, 5.41) is 3.54. The van der Waals surface area contributed by atoms with Gasteiger partial charge in [0.05, 0.1) is 12.8 Å². The molecule has 3 rings (SSSR count). The van der Waals surface area contributed by atoms with Gasteiger partial charge in [0.25, 0.3) is 5.91 Å². The van der Waals surface area contributed by atoms with Gasteiger partial charge in [-0.05, 0) is 54.9 Å². The maximum atomic E-state index is 12.2. The first kappa shape index (κ1) is 18.7. The van der Waals surface area contributed by atoms with E-state index < -0.39 is 0 Å². The highest BCUT2D eigenvalue weighted by Gasteiger charge is 2.30. The summed E-state index contributed by atoms with van der Waals surface area (Å²) < 4.78 is 10.6. The predicted molar refractivity (Wildman–Crippen MR) is 104 cm³/mol. The van der Waals surface area contributed by atoms with E-state index in [9.17, 15) is 4.79 Å². The maximum Gasteiger partial charge on any atom is 0.264 e. The Morgan fingerprint density at radius 2 is 1.96 bits per heavy atom. The third-order valence-electron chi connectivity index (χ3n) is 4.84. The van der Waals surface area contributed by atoms with E-state index in [1.165, 1.54) is 4.88 Å². The molecular formula is C20H26N2O3S. The Labute approximate surface area is 158 Å². The van der Waals surface area contributed by atoms with Crippen LogP contribution in [-0.2, 0) is 17.6 Å². The van der Waals surface area contributed by atoms with Crippen LogP contribution in [-0.4, -0.2) is 24.6 Å². The van der Waals surface area contributed by atoms with E-state index in [1.54, 1.807) is 42.7 Å². The number of anilines is 1. The molecule has 0 bridgehead atoms. The van der Waals surface area contributed by atoms with Crippen LogP contribution in [0.1, 0.15) is 37.8 Å². The van der Waals surface area contributed by atoms with E-state index in [1.807, 2.05) is 0 Å². The molecule has 6 heteroatoms. The van der Waals surface area contributed by atoms with Crippen molar-refractivity contribution < 1.29 is 14.3 Å². The number of hydrogen-bond acceptors (Lipinski definition) is 5. The highest BCUT2D eigenvalue weighted by Crippen LogP contribution is 2.40. The van der Waals surface area contributed by atoms with Crippen molar-refractivity contribution in [3.05, 3.63) is 34.8 Å². The zero-order valence-electron chi connectivity index (χ0n) is 15.8. The quantitative estimate of drug-likeness (QED) is 0.847. The van der Waals surface area contributed by atoms with Gasteiger partial charge in [-0.3, -0.25) is 10.1 Å². The lowest BCUT2D eigenvalue weighted by Crippen LogP contribution is -2.26. The van der Waals surface area contributed by atoms with Gasteiger partial charge in [0, 0.05) is 4.88 Å². The molecule has 26 heavy (non-hydrogen) atoms. The molecular weight excluding hydrogens is 348 g/mol. The van der Waals surface area contributed by atoms with Gasteiger partial charge < -0.3 is 9.47 Å². The summed E-state index contributed by atoms with van der Waals surface area (Å²) in [5.74, 6) is 1.85. The van der Waals surface area contributed by atoms with Crippen LogP contribution in [0.25, 0.3) is 0 Å². The van der Waals surface area contributed by atoms with Crippen LogP contribution in [0.3, 0.4) is 0 Å². The zero-order chi connectivity index (χ0) is 18.7. The van der Waals surface area contributed by atoms with Crippen LogP contribution >= 0.6 is 11.3 Å². The molecule has 0 aliphatic heterocycles. The SMILES string of the molecule is COc1ccc(OCC(=O)Nc2nc3c(s2)CC(C(C)(C)C)CC3)cc1. The topological polar surface area (TPSA) is 60.5 Å². The minimum Gasteiger partial charge on any atom is -0.497 e. The molecule has 0 saturated heterocycles. The van der Waals surface area contributed by atoms with Gasteiger partial charge >= 0.3 is 0 Å². The number of amides is 1. The molecule has 1 heterocycles. The molecule has 1 aliphatic rings. The van der Waals surface area contributed by atoms with E-state index in [0.29, 0.717) is 22.2 Å². The number of aromatic nitrogens is 1. The van der Waals surface area contributed by atoms with Gasteiger partial charge in [-0.15, -0.1) is 11.3 Å². The highest BCUT2D eigenvalue weighted by atomic mass is 32.1. The maximum absolute atomic E-state index is 12.2. The van der Waals surface area contributed by atoms with Gasteiger partial charge in [0.15, 0.2) is 11.7 Å². The van der Waals surface area contributed by atoms with E-state index in [0.717, 1.165) is 30.7 Å². The molecule has 1 N–H and O–H groups in total. The Balaban J connectivity index is 1.54. The number of rotatable bonds is 5. The van der Waals surface area contributed by atoms with Crippen molar-refractivity contribution in [1.29, 1.82) is 0 Å². The third-order valence-corrected chi connectivity index (χ3v) is 5.88. The molecule has 1 unspecified atom stereocenters. The first-order valence-corrected chi connectivity index (χ1v) is 9.72. The van der Waals surface area contributed by atoms with Crippen molar-refractivity contribution in [3.63, 3.8) is 0 Å². The van der Waals surface area contributed by atoms with Gasteiger partial charge in [0.1, 0.15) is 11.5 Å². The lowest BCUT2D eigenvalue weighted by molar-refractivity contribution is -0.118. The standard InChI is InChI=1S/C20H26N2O3S/c1-20(2,3)13-5-10-16-17(11-13)26-19(21-16)22-18(23)12-25-15-8-6-14(24-4)7-9-15/h6-9,13H,5,10-12H2,1-4H3,(H,21,22,23). The average Bonchev–Trinajstić information content (AvgIpc) is 3.01. The molecule has 1 aromatic carbocycles. The molecule has 5 nitrogen and oxygen atoms in total. The molecule has 0 radical (unpaired) electrons. The number of benzene rings is 1. The Hall–Kier alpha value is -2.08. The minimum atomic E-state index is -0.195. The Bertz CT molecular complexity index is 762. The molecule has 0 spiro atoms. The molecule has 2 aromatic rings. The molecule has 1 atom stereocenters. The van der Waals surface area contributed by atoms with Crippen molar-refractivity contribution in [3.8, 4) is 11.5 Å². The summed E-state index contributed by atoms with van der Waals surface area (Å²) in [5.41, 5.74) is 1.44. The van der Waals surface area contributed by atoms with Crippen LogP contribution in [0.5, 0.6) is 11.5 Å². The van der Waals surface area contributed by atoms with Crippen molar-refractivity contribution in [2.45, 2.75) is 40.0 Å². The summed E-state index contributed by atoms with van der Waals surface area (Å²) in [6, 6.07) is 7.16. The molecule has 1 amide bonds. The van der Waals surface area contributed by atoms with Crippen LogP contribution < -0.4 is 14.8 Å². The fourth-order valence-electron chi connectivity index (χ4n) is 3.14. The number of carbonyl (C=O) groups excluding carboxylic acids is 1. The molecule has 1 aromatic heterocycles. The summed E-state index contributed by atoms with van der Waals surface area (Å²) in [6.45, 7) is 6.84. The second kappa shape index (κ2) is 7.66. The fourth-order valence-corrected chi connectivity index (χ4v) is 4.25. The highest BCUT2D eigenvalue weighted by molar-refractivity contribution is 7.15. The van der Waals surface area contributed by atoms with Crippen LogP contribution in [0.15, 0.2) is 24.3 Å². The van der Waals surface area contributed by atoms with E-state index in [-0.39, 0.29) is 12.5 Å². The Kier molecular flexibility index (Phi) is 5.51. The number of thiazole rings is 1. The third kappa shape index (κ3) is 4.55. The largest absolute Gasteiger partial charge is 0.497 e. The number of aryl methyl sites for hydroxylation is 1. The van der Waals surface area contributed by atoms with Crippen LogP contribution in [0, 0.1) is 11.3 Å². The Morgan fingerprint density at radius 1 is 1.27 bits per heavy atom. The molecule has 0 saturated carbocycles. The molecule has 1 aliphatic carbocycles. The lowest BCUT2D eigenvalue weighted by atomic mass is 9.73. The fraction of sp³-hybridized carbons (Fsp3) is 0.500. The smallest absolute Gasteiger partial charge is 0.264 e. The summed E-state index contributed by atoms with van der Waals surface area (Å²) in [7, 11) is 1.61. The number of nitrogens with one attached hydrogen (secondary N) is 1. The van der Waals surface area contributed by atoms with Crippen LogP contribution in [0.4, 0.5) is 5.13 Å². The van der Waals surface area contributed by atoms with E-state index in [4.69, 9.17) is 9.47 Å². The van der Waals surface area contributed by atoms with Crippen molar-refractivity contribution in [2.75, 3.05) is 19.0 Å². The monoisotopic (exact) mass is 374 g/mol. The van der Waals surface area contributed by atoms with E-state index >= 15 is 0 Å². The summed E-state index contributed by atoms with van der Waals surface area (Å²) in [6.07, 6.45) is 3.20. The number of nitrogens with zero attached hydrogens (tertiary/aromatic N) is 1. The number of ether oxygens (including phenoxy) is 2. The molecule has 0 fully saturated rings. The van der Waals surface area contributed by atoms with Crippen molar-refractivity contribution in [2.24, 2.45) is 11.3 Å². The molecule has 140 valence electrons. The normalized spacial score (nSPS) is 16.7. The minimum absolute atomic E-state index is 0.0405. The van der Waals surface area contributed by atoms with Gasteiger partial charge in [-0.1, -0.05) is 20.8 Å². The van der Waals surface area contributed by atoms with Crippen molar-refractivity contribution in [1.82, 2.24) is 4.98 Å². The van der Waals surface area contributed by atoms with Gasteiger partial charge in [-0.25, -0.2) is 4.98 Å². The number of fused-ring (bicyclic) bond motifs is 1. The van der Waals surface area contributed by atoms with Crippen LogP contribution in [0.2, 0.25) is 0 Å². The first-order valence-electron chi connectivity index (χ1n) is 8.90. The zero-order valence-corrected chi connectivity index (χ0v) is 16.6. The first-order chi connectivity index (χ1) is 12.3. The Morgan fingerprint density at radius 3 is 2.62 bits per heavy atom. The average molecular weight is 375 g/mol. The predicted octanol–water partition coefficient (Wildman–Crippen LogP) is 4.32. The lowest BCUT2D eigenvalue weighted by Gasteiger charge is -2.33. The number of methoxy groups -OCH3 is 1. The van der Waals surface area contributed by atoms with Gasteiger partial charge in [-0.2, -0.15) is 0 Å². The number of hydrogen-bond donors (Lipinski definition) is 1. The second-order valence-corrected chi connectivity index (χ2v) is 8.79.